The number of anilines is 2. The Balaban J connectivity index is 1.36. The fourth-order valence-corrected chi connectivity index (χ4v) is 4.46. The van der Waals surface area contributed by atoms with Crippen molar-refractivity contribution in [1.82, 2.24) is 10.1 Å². The molecule has 0 unspecified atom stereocenters. The van der Waals surface area contributed by atoms with Crippen molar-refractivity contribution in [3.63, 3.8) is 0 Å². The van der Waals surface area contributed by atoms with E-state index in [2.05, 4.69) is 55.7 Å². The molecule has 2 aromatic heterocycles. The number of nitrogens with zero attached hydrogens (tertiary/aromatic N) is 2. The van der Waals surface area contributed by atoms with Crippen molar-refractivity contribution >= 4 is 33.4 Å². The summed E-state index contributed by atoms with van der Waals surface area (Å²) >= 11 is 3.40. The Kier molecular flexibility index (Phi) is 5.96. The van der Waals surface area contributed by atoms with Gasteiger partial charge in [0.1, 0.15) is 21.8 Å². The largest absolute Gasteiger partial charge is 0.465 e. The van der Waals surface area contributed by atoms with Crippen molar-refractivity contribution in [1.29, 1.82) is 0 Å². The van der Waals surface area contributed by atoms with E-state index >= 15 is 0 Å². The average Bonchev–Trinajstić information content (AvgIpc) is 3.59. The second-order valence-electron chi connectivity index (χ2n) is 8.40. The van der Waals surface area contributed by atoms with Gasteiger partial charge in [-0.2, -0.15) is 0 Å². The number of aryl methyl sites for hydroxylation is 1. The Hall–Kier alpha value is -3.45. The molecule has 1 saturated carbocycles. The van der Waals surface area contributed by atoms with Gasteiger partial charge in [-0.05, 0) is 71.4 Å². The second-order valence-corrected chi connectivity index (χ2v) is 9.21. The third-order valence-electron chi connectivity index (χ3n) is 6.16. The van der Waals surface area contributed by atoms with Crippen LogP contribution >= 0.6 is 15.9 Å². The number of nitrogens with one attached hydrogen (secondary N) is 1. The van der Waals surface area contributed by atoms with E-state index in [1.165, 1.54) is 0 Å². The third kappa shape index (κ3) is 4.23. The molecule has 0 amide bonds. The first-order valence-electron chi connectivity index (χ1n) is 11.2. The summed E-state index contributed by atoms with van der Waals surface area (Å²) in [4.78, 5) is 16.8. The smallest absolute Gasteiger partial charge is 0.316 e. The Bertz CT molecular complexity index is 1330. The first kappa shape index (κ1) is 22.3. The first-order valence-corrected chi connectivity index (χ1v) is 12.0. The molecular weight excluding hydrogens is 494 g/mol. The quantitative estimate of drug-likeness (QED) is 0.214. The lowest BCUT2D eigenvalue weighted by Gasteiger charge is -2.14. The van der Waals surface area contributed by atoms with Gasteiger partial charge in [0.05, 0.1) is 12.0 Å². The van der Waals surface area contributed by atoms with E-state index in [0.29, 0.717) is 18.2 Å². The zero-order chi connectivity index (χ0) is 23.7. The lowest BCUT2D eigenvalue weighted by Crippen LogP contribution is -2.23. The number of benzene rings is 2. The van der Waals surface area contributed by atoms with E-state index in [0.717, 1.165) is 51.1 Å². The van der Waals surface area contributed by atoms with Crippen LogP contribution in [0.5, 0.6) is 0 Å². The van der Waals surface area contributed by atoms with Gasteiger partial charge in [-0.15, -0.1) is 0 Å². The number of esters is 1. The monoisotopic (exact) mass is 517 g/mol. The van der Waals surface area contributed by atoms with Crippen molar-refractivity contribution in [2.24, 2.45) is 0 Å². The van der Waals surface area contributed by atoms with Crippen molar-refractivity contribution in [2.75, 3.05) is 11.9 Å². The van der Waals surface area contributed by atoms with Crippen LogP contribution in [0.4, 0.5) is 11.5 Å². The number of carbonyl (C=O) groups is 1. The van der Waals surface area contributed by atoms with Crippen molar-refractivity contribution < 1.29 is 14.1 Å². The van der Waals surface area contributed by atoms with Gasteiger partial charge in [0, 0.05) is 5.56 Å². The maximum atomic E-state index is 12.4. The summed E-state index contributed by atoms with van der Waals surface area (Å²) in [5, 5.41) is 7.46. The van der Waals surface area contributed by atoms with Crippen LogP contribution in [-0.4, -0.2) is 22.7 Å². The molecule has 1 N–H and O–H groups in total. The molecule has 5 rings (SSSR count). The van der Waals surface area contributed by atoms with E-state index in [1.54, 1.807) is 0 Å². The number of rotatable bonds is 7. The summed E-state index contributed by atoms with van der Waals surface area (Å²) in [6, 6.07) is 22.0. The van der Waals surface area contributed by atoms with Crippen LogP contribution in [0.2, 0.25) is 0 Å². The zero-order valence-electron chi connectivity index (χ0n) is 19.0. The van der Waals surface area contributed by atoms with Crippen LogP contribution in [0.15, 0.2) is 75.9 Å². The van der Waals surface area contributed by atoms with Gasteiger partial charge >= 0.3 is 5.97 Å². The third-order valence-corrected chi connectivity index (χ3v) is 6.61. The molecule has 1 aliphatic carbocycles. The molecule has 4 aromatic rings. The standard InChI is InChI=1S/C27H24BrN3O3/c1-3-33-26(32)27(15-16-27)21-13-11-19(12-14-21)18-7-9-20(10-8-18)25-24(17(2)31-34-25)30-23-6-4-5-22(28)29-23/h4-14H,3,15-16H2,1-2H3,(H,29,30). The van der Waals surface area contributed by atoms with E-state index in [1.807, 2.05) is 56.3 Å². The summed E-state index contributed by atoms with van der Waals surface area (Å²) < 4.78 is 11.7. The Morgan fingerprint density at radius 2 is 1.68 bits per heavy atom. The highest BCUT2D eigenvalue weighted by Gasteiger charge is 2.52. The Morgan fingerprint density at radius 3 is 2.29 bits per heavy atom. The number of aromatic nitrogens is 2. The minimum atomic E-state index is -0.449. The van der Waals surface area contributed by atoms with Crippen LogP contribution in [0.3, 0.4) is 0 Å². The Morgan fingerprint density at radius 1 is 1.03 bits per heavy atom. The van der Waals surface area contributed by atoms with E-state index in [4.69, 9.17) is 9.26 Å². The topological polar surface area (TPSA) is 77.2 Å². The molecule has 0 atom stereocenters. The minimum Gasteiger partial charge on any atom is -0.465 e. The van der Waals surface area contributed by atoms with Crippen LogP contribution in [0, 0.1) is 6.92 Å². The maximum absolute atomic E-state index is 12.4. The van der Waals surface area contributed by atoms with Crippen molar-refractivity contribution in [3.8, 4) is 22.5 Å². The molecule has 1 fully saturated rings. The summed E-state index contributed by atoms with van der Waals surface area (Å²) in [5.41, 5.74) is 5.20. The molecule has 0 saturated heterocycles. The normalized spacial score (nSPS) is 14.0. The molecule has 1 aliphatic rings. The first-order chi connectivity index (χ1) is 16.5. The number of pyridine rings is 1. The number of carbonyl (C=O) groups excluding carboxylic acids is 1. The lowest BCUT2D eigenvalue weighted by molar-refractivity contribution is -0.146. The number of halogens is 1. The number of ether oxygens (including phenoxy) is 1. The number of hydrogen-bond donors (Lipinski definition) is 1. The molecule has 0 aliphatic heterocycles. The second kappa shape index (κ2) is 9.06. The van der Waals surface area contributed by atoms with Crippen LogP contribution in [0.25, 0.3) is 22.5 Å². The summed E-state index contributed by atoms with van der Waals surface area (Å²) in [5.74, 6) is 1.25. The minimum absolute atomic E-state index is 0.114. The molecule has 6 nitrogen and oxygen atoms in total. The predicted molar refractivity (Wildman–Crippen MR) is 135 cm³/mol. The molecule has 172 valence electrons. The van der Waals surface area contributed by atoms with Gasteiger partial charge < -0.3 is 14.6 Å². The average molecular weight is 518 g/mol. The van der Waals surface area contributed by atoms with Gasteiger partial charge in [-0.1, -0.05) is 59.8 Å². The van der Waals surface area contributed by atoms with Gasteiger partial charge in [0.25, 0.3) is 0 Å². The summed E-state index contributed by atoms with van der Waals surface area (Å²) in [7, 11) is 0. The fraction of sp³-hybridized carbons (Fsp3) is 0.222. The molecular formula is C27H24BrN3O3. The summed E-state index contributed by atoms with van der Waals surface area (Å²) in [6.45, 7) is 4.15. The molecule has 2 aromatic carbocycles. The molecule has 0 spiro atoms. The molecule has 0 bridgehead atoms. The van der Waals surface area contributed by atoms with E-state index in [-0.39, 0.29) is 5.97 Å². The number of hydrogen-bond acceptors (Lipinski definition) is 6. The van der Waals surface area contributed by atoms with Crippen molar-refractivity contribution in [3.05, 3.63) is 82.6 Å². The van der Waals surface area contributed by atoms with Crippen molar-refractivity contribution in [2.45, 2.75) is 32.1 Å². The van der Waals surface area contributed by atoms with Gasteiger partial charge in [-0.3, -0.25) is 4.79 Å². The summed E-state index contributed by atoms with van der Waals surface area (Å²) in [6.07, 6.45) is 1.70. The highest BCUT2D eigenvalue weighted by atomic mass is 79.9. The van der Waals surface area contributed by atoms with Gasteiger partial charge in [-0.25, -0.2) is 4.98 Å². The predicted octanol–water partition coefficient (Wildman–Crippen LogP) is 6.81. The van der Waals surface area contributed by atoms with Crippen LogP contribution < -0.4 is 5.32 Å². The highest BCUT2D eigenvalue weighted by Crippen LogP contribution is 2.49. The highest BCUT2D eigenvalue weighted by molar-refractivity contribution is 9.10. The molecule has 7 heteroatoms. The van der Waals surface area contributed by atoms with Gasteiger partial charge in [0.15, 0.2) is 5.76 Å². The lowest BCUT2D eigenvalue weighted by atomic mass is 9.93. The van der Waals surface area contributed by atoms with Crippen LogP contribution in [-0.2, 0) is 14.9 Å². The zero-order valence-corrected chi connectivity index (χ0v) is 20.6. The van der Waals surface area contributed by atoms with Crippen LogP contribution in [0.1, 0.15) is 31.0 Å². The fourth-order valence-electron chi connectivity index (χ4n) is 4.12. The maximum Gasteiger partial charge on any atom is 0.316 e. The SMILES string of the molecule is CCOC(=O)C1(c2ccc(-c3ccc(-c4onc(C)c4Nc4cccc(Br)n4)cc3)cc2)CC1. The van der Waals surface area contributed by atoms with E-state index < -0.39 is 5.41 Å². The molecule has 2 heterocycles. The Labute approximate surface area is 206 Å². The van der Waals surface area contributed by atoms with E-state index in [9.17, 15) is 4.79 Å². The molecule has 34 heavy (non-hydrogen) atoms. The van der Waals surface area contributed by atoms with Gasteiger partial charge in [0.2, 0.25) is 0 Å². The molecule has 0 radical (unpaired) electrons.